The van der Waals surface area contributed by atoms with E-state index in [-0.39, 0.29) is 0 Å². The zero-order valence-corrected chi connectivity index (χ0v) is 9.55. The Morgan fingerprint density at radius 3 is 2.73 bits per heavy atom. The molecule has 4 nitrogen and oxygen atoms in total. The molecule has 0 atom stereocenters. The van der Waals surface area contributed by atoms with E-state index >= 15 is 0 Å². The Kier molecular flexibility index (Phi) is 4.26. The smallest absolute Gasteiger partial charge is 0.240 e. The van der Waals surface area contributed by atoms with Crippen LogP contribution >= 0.6 is 0 Å². The number of hydrogen-bond acceptors (Lipinski definition) is 3. The highest BCUT2D eigenvalue weighted by Gasteiger charge is 2.12. The van der Waals surface area contributed by atoms with Gasteiger partial charge in [0.2, 0.25) is 10.0 Å². The van der Waals surface area contributed by atoms with Crippen LogP contribution in [-0.4, -0.2) is 21.5 Å². The van der Waals surface area contributed by atoms with Crippen LogP contribution in [0.3, 0.4) is 0 Å². The molecule has 1 rings (SSSR count). The van der Waals surface area contributed by atoms with E-state index in [0.717, 1.165) is 5.56 Å². The predicted octanol–water partition coefficient (Wildman–Crippen LogP) is 0.622. The molecule has 0 spiro atoms. The number of sulfonamides is 1. The lowest BCUT2D eigenvalue weighted by Gasteiger charge is -2.06. The summed E-state index contributed by atoms with van der Waals surface area (Å²) >= 11 is 0. The molecule has 0 unspecified atom stereocenters. The molecule has 84 valence electrons. The molecule has 0 fully saturated rings. The van der Waals surface area contributed by atoms with Crippen molar-refractivity contribution in [3.63, 3.8) is 0 Å². The van der Waals surface area contributed by atoms with Gasteiger partial charge in [0.05, 0.1) is 4.90 Å². The first-order valence-electron chi connectivity index (χ1n) is 4.82. The van der Waals surface area contributed by atoms with E-state index in [0.29, 0.717) is 24.4 Å². The minimum absolute atomic E-state index is 0.305. The summed E-state index contributed by atoms with van der Waals surface area (Å²) in [5.74, 6) is 0. The number of nitrogens with two attached hydrogens (primary N) is 1. The number of nitrogens with one attached hydrogen (secondary N) is 1. The van der Waals surface area contributed by atoms with Gasteiger partial charge in [-0.05, 0) is 37.6 Å². The van der Waals surface area contributed by atoms with E-state index < -0.39 is 10.0 Å². The lowest BCUT2D eigenvalue weighted by molar-refractivity contribution is 0.579. The summed E-state index contributed by atoms with van der Waals surface area (Å²) < 4.78 is 25.9. The first kappa shape index (κ1) is 12.2. The minimum Gasteiger partial charge on any atom is -0.330 e. The van der Waals surface area contributed by atoms with Gasteiger partial charge in [-0.3, -0.25) is 0 Å². The molecule has 1 aromatic carbocycles. The Bertz CT molecular complexity index is 415. The third-order valence-electron chi connectivity index (χ3n) is 1.97. The zero-order valence-electron chi connectivity index (χ0n) is 8.73. The Morgan fingerprint density at radius 1 is 1.40 bits per heavy atom. The second kappa shape index (κ2) is 5.25. The molecule has 0 amide bonds. The van der Waals surface area contributed by atoms with Crippen LogP contribution in [0.25, 0.3) is 0 Å². The molecule has 3 N–H and O–H groups in total. The second-order valence-electron chi connectivity index (χ2n) is 3.36. The Hall–Kier alpha value is -0.910. The van der Waals surface area contributed by atoms with E-state index in [1.165, 1.54) is 0 Å². The summed E-state index contributed by atoms with van der Waals surface area (Å²) in [6.07, 6.45) is 0.644. The highest BCUT2D eigenvalue weighted by molar-refractivity contribution is 7.89. The van der Waals surface area contributed by atoms with Crippen LogP contribution < -0.4 is 10.5 Å². The average molecular weight is 228 g/mol. The molecular weight excluding hydrogens is 212 g/mol. The Morgan fingerprint density at radius 2 is 2.13 bits per heavy atom. The van der Waals surface area contributed by atoms with Crippen LogP contribution in [-0.2, 0) is 10.0 Å². The highest BCUT2D eigenvalue weighted by atomic mass is 32.2. The number of aryl methyl sites for hydroxylation is 1. The van der Waals surface area contributed by atoms with E-state index in [9.17, 15) is 8.42 Å². The van der Waals surface area contributed by atoms with Gasteiger partial charge in [-0.1, -0.05) is 12.1 Å². The highest BCUT2D eigenvalue weighted by Crippen LogP contribution is 2.10. The van der Waals surface area contributed by atoms with E-state index in [1.54, 1.807) is 18.2 Å². The molecule has 0 bridgehead atoms. The number of benzene rings is 1. The molecular formula is C10H16N2O2S. The van der Waals surface area contributed by atoms with Crippen molar-refractivity contribution < 1.29 is 8.42 Å². The molecule has 0 radical (unpaired) electrons. The standard InChI is InChI=1S/C10H16N2O2S/c1-9-4-2-5-10(8-9)15(13,14)12-7-3-6-11/h2,4-5,8,12H,3,6-7,11H2,1H3. The summed E-state index contributed by atoms with van der Waals surface area (Å²) in [7, 11) is -3.36. The van der Waals surface area contributed by atoms with Crippen LogP contribution in [0.5, 0.6) is 0 Å². The topological polar surface area (TPSA) is 72.2 Å². The van der Waals surface area contributed by atoms with E-state index in [2.05, 4.69) is 4.72 Å². The van der Waals surface area contributed by atoms with Crippen molar-refractivity contribution >= 4 is 10.0 Å². The van der Waals surface area contributed by atoms with Crippen molar-refractivity contribution in [3.05, 3.63) is 29.8 Å². The fourth-order valence-corrected chi connectivity index (χ4v) is 2.35. The molecule has 0 aliphatic carbocycles. The molecule has 0 aliphatic heterocycles. The van der Waals surface area contributed by atoms with Gasteiger partial charge in [-0.25, -0.2) is 13.1 Å². The van der Waals surface area contributed by atoms with Gasteiger partial charge < -0.3 is 5.73 Å². The first-order valence-corrected chi connectivity index (χ1v) is 6.31. The Labute approximate surface area is 90.5 Å². The maximum Gasteiger partial charge on any atom is 0.240 e. The summed E-state index contributed by atoms with van der Waals surface area (Å²) in [5, 5.41) is 0. The largest absolute Gasteiger partial charge is 0.330 e. The second-order valence-corrected chi connectivity index (χ2v) is 5.12. The molecule has 0 heterocycles. The van der Waals surface area contributed by atoms with Gasteiger partial charge in [0.25, 0.3) is 0 Å². The lowest BCUT2D eigenvalue weighted by atomic mass is 10.2. The fraction of sp³-hybridized carbons (Fsp3) is 0.400. The van der Waals surface area contributed by atoms with Crippen molar-refractivity contribution in [2.75, 3.05) is 13.1 Å². The van der Waals surface area contributed by atoms with Crippen LogP contribution in [0, 0.1) is 6.92 Å². The monoisotopic (exact) mass is 228 g/mol. The molecule has 1 aromatic rings. The SMILES string of the molecule is Cc1cccc(S(=O)(=O)NCCCN)c1. The maximum atomic E-state index is 11.7. The lowest BCUT2D eigenvalue weighted by Crippen LogP contribution is -2.26. The van der Waals surface area contributed by atoms with Crippen LogP contribution in [0.4, 0.5) is 0 Å². The summed E-state index contributed by atoms with van der Waals surface area (Å²) in [6, 6.07) is 6.81. The number of hydrogen-bond donors (Lipinski definition) is 2. The van der Waals surface area contributed by atoms with Gasteiger partial charge in [0.15, 0.2) is 0 Å². The maximum absolute atomic E-state index is 11.7. The average Bonchev–Trinajstić information content (AvgIpc) is 2.18. The normalized spacial score (nSPS) is 11.6. The minimum atomic E-state index is -3.36. The molecule has 15 heavy (non-hydrogen) atoms. The van der Waals surface area contributed by atoms with Gasteiger partial charge in [0.1, 0.15) is 0 Å². The quantitative estimate of drug-likeness (QED) is 0.726. The van der Waals surface area contributed by atoms with Gasteiger partial charge in [-0.15, -0.1) is 0 Å². The summed E-state index contributed by atoms with van der Waals surface area (Å²) in [4.78, 5) is 0.305. The molecule has 0 saturated heterocycles. The molecule has 5 heteroatoms. The zero-order chi connectivity index (χ0) is 11.3. The van der Waals surface area contributed by atoms with Crippen molar-refractivity contribution in [1.29, 1.82) is 0 Å². The molecule has 0 saturated carbocycles. The van der Waals surface area contributed by atoms with Crippen molar-refractivity contribution in [3.8, 4) is 0 Å². The predicted molar refractivity (Wildman–Crippen MR) is 60.0 cm³/mol. The van der Waals surface area contributed by atoms with Crippen molar-refractivity contribution in [2.24, 2.45) is 5.73 Å². The van der Waals surface area contributed by atoms with Crippen LogP contribution in [0.1, 0.15) is 12.0 Å². The van der Waals surface area contributed by atoms with E-state index in [4.69, 9.17) is 5.73 Å². The summed E-state index contributed by atoms with van der Waals surface area (Å²) in [6.45, 7) is 2.72. The Balaban J connectivity index is 2.77. The number of rotatable bonds is 5. The fourth-order valence-electron chi connectivity index (χ4n) is 1.17. The first-order chi connectivity index (χ1) is 7.06. The van der Waals surface area contributed by atoms with Crippen molar-refractivity contribution in [2.45, 2.75) is 18.2 Å². The molecule has 0 aromatic heterocycles. The molecule has 0 aliphatic rings. The van der Waals surface area contributed by atoms with E-state index in [1.807, 2.05) is 13.0 Å². The summed E-state index contributed by atoms with van der Waals surface area (Å²) in [5.41, 5.74) is 6.21. The van der Waals surface area contributed by atoms with Gasteiger partial charge >= 0.3 is 0 Å². The van der Waals surface area contributed by atoms with Crippen molar-refractivity contribution in [1.82, 2.24) is 4.72 Å². The van der Waals surface area contributed by atoms with Gasteiger partial charge in [0, 0.05) is 6.54 Å². The van der Waals surface area contributed by atoms with Crippen LogP contribution in [0.2, 0.25) is 0 Å². The third-order valence-corrected chi connectivity index (χ3v) is 3.43. The van der Waals surface area contributed by atoms with Gasteiger partial charge in [-0.2, -0.15) is 0 Å². The third kappa shape index (κ3) is 3.62. The van der Waals surface area contributed by atoms with Crippen LogP contribution in [0.15, 0.2) is 29.2 Å².